The van der Waals surface area contributed by atoms with Gasteiger partial charge in [-0.25, -0.2) is 9.97 Å². The normalized spacial score (nSPS) is 16.5. The molecule has 1 aliphatic rings. The molecule has 1 aliphatic carbocycles. The predicted octanol–water partition coefficient (Wildman–Crippen LogP) is 3.07. The lowest BCUT2D eigenvalue weighted by Gasteiger charge is -2.33. The Morgan fingerprint density at radius 3 is 2.68 bits per heavy atom. The van der Waals surface area contributed by atoms with Crippen LogP contribution in [0.4, 0.5) is 0 Å². The third-order valence-corrected chi connectivity index (χ3v) is 4.66. The zero-order valence-electron chi connectivity index (χ0n) is 13.3. The van der Waals surface area contributed by atoms with E-state index in [4.69, 9.17) is 4.98 Å². The number of rotatable bonds is 5. The van der Waals surface area contributed by atoms with Crippen molar-refractivity contribution in [3.05, 3.63) is 35.8 Å². The van der Waals surface area contributed by atoms with Gasteiger partial charge in [-0.05, 0) is 25.8 Å². The largest absolute Gasteiger partial charge is 0.395 e. The molecule has 0 saturated heterocycles. The molecule has 22 heavy (non-hydrogen) atoms. The first-order valence-electron chi connectivity index (χ1n) is 8.35. The number of para-hydroxylation sites is 1. The van der Waals surface area contributed by atoms with Crippen molar-refractivity contribution in [2.24, 2.45) is 0 Å². The highest BCUT2D eigenvalue weighted by molar-refractivity contribution is 5.80. The van der Waals surface area contributed by atoms with Crippen LogP contribution in [0.25, 0.3) is 10.9 Å². The van der Waals surface area contributed by atoms with E-state index in [1.807, 2.05) is 25.1 Å². The SMILES string of the molecule is Cc1nc(CN(CCO)C2CCCCC2)nc2ccccc12. The molecule has 2 aromatic rings. The fourth-order valence-electron chi connectivity index (χ4n) is 3.51. The molecule has 0 aliphatic heterocycles. The highest BCUT2D eigenvalue weighted by Gasteiger charge is 2.21. The Morgan fingerprint density at radius 1 is 1.14 bits per heavy atom. The summed E-state index contributed by atoms with van der Waals surface area (Å²) in [7, 11) is 0. The van der Waals surface area contributed by atoms with E-state index in [-0.39, 0.29) is 6.61 Å². The summed E-state index contributed by atoms with van der Waals surface area (Å²) in [6.07, 6.45) is 6.39. The summed E-state index contributed by atoms with van der Waals surface area (Å²) in [4.78, 5) is 11.8. The topological polar surface area (TPSA) is 49.2 Å². The van der Waals surface area contributed by atoms with Gasteiger partial charge in [0.15, 0.2) is 0 Å². The first-order chi connectivity index (χ1) is 10.8. The molecule has 1 heterocycles. The van der Waals surface area contributed by atoms with E-state index >= 15 is 0 Å². The average Bonchev–Trinajstić information content (AvgIpc) is 2.55. The molecule has 4 nitrogen and oxygen atoms in total. The lowest BCUT2D eigenvalue weighted by molar-refractivity contribution is 0.114. The summed E-state index contributed by atoms with van der Waals surface area (Å²) in [5, 5.41) is 10.5. The molecule has 3 rings (SSSR count). The second-order valence-corrected chi connectivity index (χ2v) is 6.23. The molecule has 0 unspecified atom stereocenters. The van der Waals surface area contributed by atoms with Gasteiger partial charge in [-0.15, -0.1) is 0 Å². The minimum atomic E-state index is 0.197. The van der Waals surface area contributed by atoms with Gasteiger partial charge >= 0.3 is 0 Å². The fraction of sp³-hybridized carbons (Fsp3) is 0.556. The van der Waals surface area contributed by atoms with Gasteiger partial charge in [0.25, 0.3) is 0 Å². The van der Waals surface area contributed by atoms with Crippen LogP contribution in [0, 0.1) is 6.92 Å². The standard InChI is InChI=1S/C18H25N3O/c1-14-16-9-5-6-10-17(16)20-18(19-14)13-21(11-12-22)15-7-3-2-4-8-15/h5-6,9-10,15,22H,2-4,7-8,11-13H2,1H3. The van der Waals surface area contributed by atoms with Crippen LogP contribution in [0.5, 0.6) is 0 Å². The van der Waals surface area contributed by atoms with E-state index in [1.54, 1.807) is 0 Å². The minimum Gasteiger partial charge on any atom is -0.395 e. The fourth-order valence-corrected chi connectivity index (χ4v) is 3.51. The Hall–Kier alpha value is -1.52. The summed E-state index contributed by atoms with van der Waals surface area (Å²) in [5.41, 5.74) is 2.05. The Balaban J connectivity index is 1.82. The maximum Gasteiger partial charge on any atom is 0.143 e. The summed E-state index contributed by atoms with van der Waals surface area (Å²) in [6.45, 7) is 3.68. The smallest absolute Gasteiger partial charge is 0.143 e. The van der Waals surface area contributed by atoms with Gasteiger partial charge in [0.1, 0.15) is 5.82 Å². The summed E-state index contributed by atoms with van der Waals surface area (Å²) in [6, 6.07) is 8.73. The van der Waals surface area contributed by atoms with Crippen LogP contribution in [0.15, 0.2) is 24.3 Å². The quantitative estimate of drug-likeness (QED) is 0.922. The van der Waals surface area contributed by atoms with E-state index in [2.05, 4.69) is 16.0 Å². The van der Waals surface area contributed by atoms with E-state index in [9.17, 15) is 5.11 Å². The molecule has 4 heteroatoms. The van der Waals surface area contributed by atoms with Crippen molar-refractivity contribution in [2.45, 2.75) is 51.6 Å². The van der Waals surface area contributed by atoms with Gasteiger partial charge in [-0.2, -0.15) is 0 Å². The van der Waals surface area contributed by atoms with Crippen molar-refractivity contribution >= 4 is 10.9 Å². The van der Waals surface area contributed by atoms with Crippen LogP contribution in [0.1, 0.15) is 43.6 Å². The van der Waals surface area contributed by atoms with Crippen molar-refractivity contribution in [1.29, 1.82) is 0 Å². The molecule has 0 bridgehead atoms. The molecule has 0 radical (unpaired) electrons. The first-order valence-corrected chi connectivity index (χ1v) is 8.35. The van der Waals surface area contributed by atoms with Crippen LogP contribution >= 0.6 is 0 Å². The lowest BCUT2D eigenvalue weighted by atomic mass is 9.94. The van der Waals surface area contributed by atoms with Gasteiger partial charge in [0.2, 0.25) is 0 Å². The Bertz CT molecular complexity index is 623. The third kappa shape index (κ3) is 3.45. The van der Waals surface area contributed by atoms with Gasteiger partial charge in [0, 0.05) is 23.7 Å². The second kappa shape index (κ2) is 7.16. The minimum absolute atomic E-state index is 0.197. The first kappa shape index (κ1) is 15.4. The number of aryl methyl sites for hydroxylation is 1. The number of aromatic nitrogens is 2. The Kier molecular flexibility index (Phi) is 5.01. The molecular weight excluding hydrogens is 274 g/mol. The molecule has 118 valence electrons. The monoisotopic (exact) mass is 299 g/mol. The average molecular weight is 299 g/mol. The highest BCUT2D eigenvalue weighted by Crippen LogP contribution is 2.24. The number of hydrogen-bond acceptors (Lipinski definition) is 4. The third-order valence-electron chi connectivity index (χ3n) is 4.66. The van der Waals surface area contributed by atoms with Gasteiger partial charge < -0.3 is 5.11 Å². The molecule has 1 aromatic heterocycles. The molecule has 1 aromatic carbocycles. The molecular formula is C18H25N3O. The summed E-state index contributed by atoms with van der Waals surface area (Å²) in [5.74, 6) is 0.871. The van der Waals surface area contributed by atoms with Gasteiger partial charge in [-0.1, -0.05) is 37.5 Å². The van der Waals surface area contributed by atoms with E-state index in [0.717, 1.165) is 29.0 Å². The second-order valence-electron chi connectivity index (χ2n) is 6.23. The van der Waals surface area contributed by atoms with E-state index in [1.165, 1.54) is 32.1 Å². The van der Waals surface area contributed by atoms with Crippen LogP contribution in [0.2, 0.25) is 0 Å². The van der Waals surface area contributed by atoms with Crippen LogP contribution in [0.3, 0.4) is 0 Å². The number of nitrogens with zero attached hydrogens (tertiary/aromatic N) is 3. The molecule has 1 N–H and O–H groups in total. The summed E-state index contributed by atoms with van der Waals surface area (Å²) < 4.78 is 0. The van der Waals surface area contributed by atoms with Gasteiger partial charge in [-0.3, -0.25) is 4.90 Å². The highest BCUT2D eigenvalue weighted by atomic mass is 16.3. The summed E-state index contributed by atoms with van der Waals surface area (Å²) >= 11 is 0. The number of aliphatic hydroxyl groups excluding tert-OH is 1. The lowest BCUT2D eigenvalue weighted by Crippen LogP contribution is -2.38. The Labute approximate surface area is 132 Å². The number of benzene rings is 1. The molecule has 0 amide bonds. The van der Waals surface area contributed by atoms with Gasteiger partial charge in [0.05, 0.1) is 18.7 Å². The number of aliphatic hydroxyl groups is 1. The molecule has 0 spiro atoms. The van der Waals surface area contributed by atoms with Crippen molar-refractivity contribution in [1.82, 2.24) is 14.9 Å². The van der Waals surface area contributed by atoms with E-state index in [0.29, 0.717) is 12.6 Å². The van der Waals surface area contributed by atoms with Crippen LogP contribution in [-0.4, -0.2) is 39.2 Å². The van der Waals surface area contributed by atoms with Crippen molar-refractivity contribution in [3.63, 3.8) is 0 Å². The van der Waals surface area contributed by atoms with Crippen LogP contribution in [-0.2, 0) is 6.54 Å². The molecule has 1 fully saturated rings. The Morgan fingerprint density at radius 2 is 1.91 bits per heavy atom. The van der Waals surface area contributed by atoms with Crippen molar-refractivity contribution < 1.29 is 5.11 Å². The predicted molar refractivity (Wildman–Crippen MR) is 88.6 cm³/mol. The molecule has 1 saturated carbocycles. The van der Waals surface area contributed by atoms with Crippen molar-refractivity contribution in [2.75, 3.05) is 13.2 Å². The van der Waals surface area contributed by atoms with E-state index < -0.39 is 0 Å². The number of fused-ring (bicyclic) bond motifs is 1. The maximum atomic E-state index is 9.39. The number of hydrogen-bond donors (Lipinski definition) is 1. The molecule has 0 atom stereocenters. The zero-order chi connectivity index (χ0) is 15.4. The van der Waals surface area contributed by atoms with Crippen molar-refractivity contribution in [3.8, 4) is 0 Å². The van der Waals surface area contributed by atoms with Crippen LogP contribution < -0.4 is 0 Å². The maximum absolute atomic E-state index is 9.39. The zero-order valence-corrected chi connectivity index (χ0v) is 13.3.